The SMILES string of the molecule is CCc1cc(N2C(S)N(c3ccc(C#N)c(C(F)(F)F)c3)C(=O)C2(C)C)ccc1OCCC1CCN(C(=O)OC(C)(C)C)CC1. The average Bonchev–Trinajstić information content (AvgIpc) is 3.14. The van der Waals surface area contributed by atoms with Gasteiger partial charge in [0.2, 0.25) is 0 Å². The van der Waals surface area contributed by atoms with Gasteiger partial charge in [0.25, 0.3) is 5.91 Å². The van der Waals surface area contributed by atoms with Crippen molar-refractivity contribution in [2.45, 2.75) is 90.0 Å². The molecule has 2 aliphatic rings. The van der Waals surface area contributed by atoms with Crippen molar-refractivity contribution in [3.05, 3.63) is 53.1 Å². The number of nitriles is 1. The van der Waals surface area contributed by atoms with Gasteiger partial charge in [-0.2, -0.15) is 18.4 Å². The highest BCUT2D eigenvalue weighted by molar-refractivity contribution is 7.81. The number of ether oxygens (including phenoxy) is 2. The molecule has 0 aromatic heterocycles. The number of rotatable bonds is 7. The van der Waals surface area contributed by atoms with E-state index in [2.05, 4.69) is 0 Å². The summed E-state index contributed by atoms with van der Waals surface area (Å²) in [5.41, 5.74) is -2.55. The number of anilines is 2. The molecule has 45 heavy (non-hydrogen) atoms. The standard InChI is InChI=1S/C33H41F3N4O4S/c1-7-22-18-25(10-11-27(22)43-17-14-21-12-15-38(16-13-21)30(42)44-31(2,3)4)40-29(45)39(28(41)32(40,5)6)24-9-8-23(20-37)26(19-24)33(34,35)36/h8-11,18-19,21,29,45H,7,12-17H2,1-6H3. The van der Waals surface area contributed by atoms with Gasteiger partial charge in [-0.1, -0.05) is 6.92 Å². The van der Waals surface area contributed by atoms with Crippen LogP contribution in [0.3, 0.4) is 0 Å². The van der Waals surface area contributed by atoms with Crippen LogP contribution >= 0.6 is 12.6 Å². The molecule has 4 rings (SSSR count). The monoisotopic (exact) mass is 646 g/mol. The Balaban J connectivity index is 1.44. The smallest absolute Gasteiger partial charge is 0.417 e. The summed E-state index contributed by atoms with van der Waals surface area (Å²) in [6.45, 7) is 12.8. The minimum Gasteiger partial charge on any atom is -0.493 e. The van der Waals surface area contributed by atoms with Crippen molar-refractivity contribution in [1.29, 1.82) is 5.26 Å². The fraction of sp³-hybridized carbons (Fsp3) is 0.545. The molecule has 0 aliphatic carbocycles. The zero-order valence-corrected chi connectivity index (χ0v) is 27.5. The van der Waals surface area contributed by atoms with E-state index in [-0.39, 0.29) is 11.8 Å². The predicted molar refractivity (Wildman–Crippen MR) is 169 cm³/mol. The number of hydrogen-bond acceptors (Lipinski definition) is 7. The highest BCUT2D eigenvalue weighted by Crippen LogP contribution is 2.43. The third kappa shape index (κ3) is 7.46. The van der Waals surface area contributed by atoms with Crippen molar-refractivity contribution < 1.29 is 32.2 Å². The molecule has 2 aromatic rings. The number of likely N-dealkylation sites (tertiary alicyclic amines) is 1. The van der Waals surface area contributed by atoms with Crippen LogP contribution in [0, 0.1) is 17.2 Å². The van der Waals surface area contributed by atoms with Gasteiger partial charge < -0.3 is 19.3 Å². The first kappa shape index (κ1) is 34.3. The number of carbonyl (C=O) groups excluding carboxylic acids is 2. The van der Waals surface area contributed by atoms with Gasteiger partial charge in [-0.3, -0.25) is 9.69 Å². The van der Waals surface area contributed by atoms with Crippen LogP contribution in [0.15, 0.2) is 36.4 Å². The first-order chi connectivity index (χ1) is 21.0. The summed E-state index contributed by atoms with van der Waals surface area (Å²) in [6.07, 6.45) is -1.77. The van der Waals surface area contributed by atoms with E-state index in [1.807, 2.05) is 45.9 Å². The maximum absolute atomic E-state index is 13.7. The van der Waals surface area contributed by atoms with Gasteiger partial charge >= 0.3 is 12.3 Å². The van der Waals surface area contributed by atoms with E-state index in [4.69, 9.17) is 22.1 Å². The molecular formula is C33H41F3N4O4S. The van der Waals surface area contributed by atoms with Crippen molar-refractivity contribution in [1.82, 2.24) is 4.90 Å². The number of carbonyl (C=O) groups is 2. The largest absolute Gasteiger partial charge is 0.493 e. The molecule has 0 bridgehead atoms. The van der Waals surface area contributed by atoms with E-state index in [1.165, 1.54) is 11.0 Å². The molecule has 0 N–H and O–H groups in total. The molecule has 1 unspecified atom stereocenters. The lowest BCUT2D eigenvalue weighted by Crippen LogP contribution is -2.45. The highest BCUT2D eigenvalue weighted by atomic mass is 32.1. The highest BCUT2D eigenvalue weighted by Gasteiger charge is 2.51. The Morgan fingerprint density at radius 3 is 2.31 bits per heavy atom. The van der Waals surface area contributed by atoms with Crippen LogP contribution in [0.1, 0.15) is 77.5 Å². The van der Waals surface area contributed by atoms with Crippen molar-refractivity contribution in [2.24, 2.45) is 5.92 Å². The molecule has 2 aromatic carbocycles. The van der Waals surface area contributed by atoms with Gasteiger partial charge in [-0.25, -0.2) is 4.79 Å². The lowest BCUT2D eigenvalue weighted by Gasteiger charge is -2.34. The van der Waals surface area contributed by atoms with Gasteiger partial charge in [-0.05, 0) is 108 Å². The van der Waals surface area contributed by atoms with Crippen molar-refractivity contribution in [3.63, 3.8) is 0 Å². The second-order valence-corrected chi connectivity index (χ2v) is 13.4. The molecule has 244 valence electrons. The quantitative estimate of drug-likeness (QED) is 0.316. The van der Waals surface area contributed by atoms with E-state index in [9.17, 15) is 28.0 Å². The Morgan fingerprint density at radius 2 is 1.73 bits per heavy atom. The average molecular weight is 647 g/mol. The van der Waals surface area contributed by atoms with E-state index in [0.29, 0.717) is 37.7 Å². The van der Waals surface area contributed by atoms with E-state index in [1.54, 1.807) is 29.7 Å². The molecule has 2 saturated heterocycles. The Kier molecular flexibility index (Phi) is 9.93. The third-order valence-electron chi connectivity index (χ3n) is 8.27. The van der Waals surface area contributed by atoms with Gasteiger partial charge in [-0.15, -0.1) is 12.6 Å². The molecule has 8 nitrogen and oxygen atoms in total. The van der Waals surface area contributed by atoms with Crippen LogP contribution in [0.5, 0.6) is 5.75 Å². The van der Waals surface area contributed by atoms with Crippen molar-refractivity contribution in [3.8, 4) is 11.8 Å². The molecule has 0 spiro atoms. The normalized spacial score (nSPS) is 19.1. The molecule has 0 radical (unpaired) electrons. The maximum Gasteiger partial charge on any atom is 0.417 e. The van der Waals surface area contributed by atoms with Crippen LogP contribution in [-0.4, -0.2) is 53.2 Å². The zero-order chi connectivity index (χ0) is 33.3. The minimum absolute atomic E-state index is 0.00879. The van der Waals surface area contributed by atoms with Gasteiger partial charge in [0, 0.05) is 24.5 Å². The van der Waals surface area contributed by atoms with Crippen LogP contribution in [-0.2, 0) is 22.1 Å². The topological polar surface area (TPSA) is 86.1 Å². The zero-order valence-electron chi connectivity index (χ0n) is 26.6. The van der Waals surface area contributed by atoms with E-state index >= 15 is 0 Å². The first-order valence-corrected chi connectivity index (χ1v) is 15.7. The lowest BCUT2D eigenvalue weighted by molar-refractivity contribution is -0.137. The first-order valence-electron chi connectivity index (χ1n) is 15.1. The summed E-state index contributed by atoms with van der Waals surface area (Å²) in [5, 5.41) is 9.19. The number of thiol groups is 1. The molecule has 2 heterocycles. The number of halogens is 3. The third-order valence-corrected chi connectivity index (χ3v) is 8.73. The second kappa shape index (κ2) is 13.0. The van der Waals surface area contributed by atoms with Crippen LogP contribution in [0.25, 0.3) is 0 Å². The molecule has 2 aliphatic heterocycles. The van der Waals surface area contributed by atoms with Gasteiger partial charge in [0.15, 0.2) is 5.50 Å². The molecule has 2 fully saturated rings. The van der Waals surface area contributed by atoms with Crippen LogP contribution < -0.4 is 14.5 Å². The number of hydrogen-bond donors (Lipinski definition) is 1. The Bertz CT molecular complexity index is 1460. The number of benzene rings is 2. The number of piperidine rings is 1. The van der Waals surface area contributed by atoms with Crippen LogP contribution in [0.4, 0.5) is 29.3 Å². The summed E-state index contributed by atoms with van der Waals surface area (Å²) in [5.74, 6) is 0.738. The molecule has 12 heteroatoms. The van der Waals surface area contributed by atoms with E-state index in [0.717, 1.165) is 42.7 Å². The number of nitrogens with zero attached hydrogens (tertiary/aromatic N) is 4. The molecule has 0 saturated carbocycles. The van der Waals surface area contributed by atoms with Gasteiger partial charge in [0.05, 0.1) is 23.8 Å². The maximum atomic E-state index is 13.7. The molecule has 2 amide bonds. The minimum atomic E-state index is -4.76. The molecular weight excluding hydrogens is 605 g/mol. The Morgan fingerprint density at radius 1 is 1.09 bits per heavy atom. The van der Waals surface area contributed by atoms with Gasteiger partial charge in [0.1, 0.15) is 16.9 Å². The summed E-state index contributed by atoms with van der Waals surface area (Å²) in [6, 6.07) is 10.4. The summed E-state index contributed by atoms with van der Waals surface area (Å²) in [4.78, 5) is 30.7. The number of amides is 2. The fourth-order valence-electron chi connectivity index (χ4n) is 5.83. The Labute approximate surface area is 268 Å². The van der Waals surface area contributed by atoms with Crippen molar-refractivity contribution >= 4 is 36.0 Å². The number of alkyl halides is 3. The second-order valence-electron chi connectivity index (χ2n) is 13.0. The fourth-order valence-corrected chi connectivity index (χ4v) is 6.49. The summed E-state index contributed by atoms with van der Waals surface area (Å²) in [7, 11) is 0. The summed E-state index contributed by atoms with van der Waals surface area (Å²) < 4.78 is 52.7. The predicted octanol–water partition coefficient (Wildman–Crippen LogP) is 7.40. The Hall–Kier alpha value is -3.59. The molecule has 1 atom stereocenters. The van der Waals surface area contributed by atoms with E-state index < -0.39 is 39.8 Å². The van der Waals surface area contributed by atoms with Crippen molar-refractivity contribution in [2.75, 3.05) is 29.5 Å². The lowest BCUT2D eigenvalue weighted by atomic mass is 9.94. The number of aryl methyl sites for hydroxylation is 1. The summed E-state index contributed by atoms with van der Waals surface area (Å²) >= 11 is 4.70. The van der Waals surface area contributed by atoms with Crippen LogP contribution in [0.2, 0.25) is 0 Å².